The molecule has 1 aromatic rings. The van der Waals surface area contributed by atoms with Gasteiger partial charge in [0.1, 0.15) is 5.69 Å². The summed E-state index contributed by atoms with van der Waals surface area (Å²) in [6.07, 6.45) is 0.826. The Morgan fingerprint density at radius 2 is 2.26 bits per heavy atom. The molecule has 1 saturated heterocycles. The summed E-state index contributed by atoms with van der Waals surface area (Å²) in [6, 6.07) is 0. The summed E-state index contributed by atoms with van der Waals surface area (Å²) < 4.78 is 6.92. The highest BCUT2D eigenvalue weighted by Crippen LogP contribution is 2.35. The molecule has 1 atom stereocenters. The lowest BCUT2D eigenvalue weighted by molar-refractivity contribution is -0.384. The first-order valence-electron chi connectivity index (χ1n) is 6.41. The molecule has 0 amide bonds. The van der Waals surface area contributed by atoms with Gasteiger partial charge in [0.25, 0.3) is 0 Å². The van der Waals surface area contributed by atoms with Gasteiger partial charge >= 0.3 is 5.69 Å². The average molecular weight is 268 g/mol. The zero-order valence-electron chi connectivity index (χ0n) is 11.8. The Labute approximate surface area is 112 Å². The van der Waals surface area contributed by atoms with Crippen molar-refractivity contribution in [2.45, 2.75) is 38.6 Å². The van der Waals surface area contributed by atoms with Crippen molar-refractivity contribution in [3.05, 3.63) is 15.8 Å². The number of aryl methyl sites for hydroxylation is 1. The van der Waals surface area contributed by atoms with Crippen LogP contribution in [0.2, 0.25) is 0 Å². The fourth-order valence-corrected chi connectivity index (χ4v) is 2.29. The summed E-state index contributed by atoms with van der Waals surface area (Å²) in [5.41, 5.74) is 0.315. The molecule has 2 rings (SSSR count). The fraction of sp³-hybridized carbons (Fsp3) is 0.750. The number of hydrogen-bond acceptors (Lipinski definition) is 5. The van der Waals surface area contributed by atoms with Crippen LogP contribution in [0.25, 0.3) is 0 Å². The minimum atomic E-state index is -0.357. The Bertz CT molecular complexity index is 489. The molecular formula is C12H20N4O3. The van der Waals surface area contributed by atoms with Crippen molar-refractivity contribution in [3.8, 4) is 0 Å². The number of rotatable bonds is 4. The van der Waals surface area contributed by atoms with Gasteiger partial charge in [0, 0.05) is 19.6 Å². The van der Waals surface area contributed by atoms with E-state index >= 15 is 0 Å². The zero-order chi connectivity index (χ0) is 14.2. The predicted molar refractivity (Wildman–Crippen MR) is 71.4 cm³/mol. The van der Waals surface area contributed by atoms with Gasteiger partial charge in [0.15, 0.2) is 0 Å². The van der Waals surface area contributed by atoms with Gasteiger partial charge < -0.3 is 10.1 Å². The van der Waals surface area contributed by atoms with Gasteiger partial charge in [-0.1, -0.05) is 13.8 Å². The van der Waals surface area contributed by atoms with Crippen molar-refractivity contribution in [2.75, 3.05) is 18.5 Å². The van der Waals surface area contributed by atoms with E-state index in [1.807, 2.05) is 20.8 Å². The molecular weight excluding hydrogens is 248 g/mol. The SMILES string of the molecule is CC(C)c1nn(C)c(NC2(C)CCOC2)c1[N+](=O)[O-]. The maximum Gasteiger partial charge on any atom is 0.334 e. The first-order valence-corrected chi connectivity index (χ1v) is 6.41. The summed E-state index contributed by atoms with van der Waals surface area (Å²) in [5.74, 6) is 0.469. The second kappa shape index (κ2) is 4.80. The number of nitrogens with one attached hydrogen (secondary N) is 1. The lowest BCUT2D eigenvalue weighted by atomic mass is 10.0. The van der Waals surface area contributed by atoms with Crippen LogP contribution in [0, 0.1) is 10.1 Å². The summed E-state index contributed by atoms with van der Waals surface area (Å²) in [5, 5.41) is 18.8. The number of nitrogens with zero attached hydrogens (tertiary/aromatic N) is 3. The minimum Gasteiger partial charge on any atom is -0.379 e. The standard InChI is InChI=1S/C12H20N4O3/c1-8(2)9-10(16(17)18)11(15(4)14-9)13-12(3)5-6-19-7-12/h8,13H,5-7H2,1-4H3. The van der Waals surface area contributed by atoms with Gasteiger partial charge in [0.05, 0.1) is 17.1 Å². The highest BCUT2D eigenvalue weighted by atomic mass is 16.6. The van der Waals surface area contributed by atoms with E-state index < -0.39 is 0 Å². The Balaban J connectivity index is 2.41. The highest BCUT2D eigenvalue weighted by Gasteiger charge is 2.35. The largest absolute Gasteiger partial charge is 0.379 e. The third kappa shape index (κ3) is 2.56. The second-order valence-electron chi connectivity index (χ2n) is 5.61. The minimum absolute atomic E-state index is 0.00906. The topological polar surface area (TPSA) is 82.2 Å². The smallest absolute Gasteiger partial charge is 0.334 e. The second-order valence-corrected chi connectivity index (χ2v) is 5.61. The molecule has 7 heteroatoms. The van der Waals surface area contributed by atoms with Crippen LogP contribution in [0.5, 0.6) is 0 Å². The van der Waals surface area contributed by atoms with Crippen LogP contribution in [0.4, 0.5) is 11.5 Å². The van der Waals surface area contributed by atoms with E-state index in [9.17, 15) is 10.1 Å². The van der Waals surface area contributed by atoms with Crippen LogP contribution < -0.4 is 5.32 Å². The van der Waals surface area contributed by atoms with E-state index in [1.54, 1.807) is 11.7 Å². The van der Waals surface area contributed by atoms with E-state index in [1.165, 1.54) is 0 Å². The number of nitro groups is 1. The van der Waals surface area contributed by atoms with Gasteiger partial charge in [-0.25, -0.2) is 4.68 Å². The van der Waals surface area contributed by atoms with Crippen molar-refractivity contribution in [2.24, 2.45) is 7.05 Å². The maximum absolute atomic E-state index is 11.3. The molecule has 1 aliphatic heterocycles. The van der Waals surface area contributed by atoms with Crippen LogP contribution in [0.3, 0.4) is 0 Å². The molecule has 0 radical (unpaired) electrons. The number of ether oxygens (including phenoxy) is 1. The summed E-state index contributed by atoms with van der Waals surface area (Å²) >= 11 is 0. The van der Waals surface area contributed by atoms with Crippen LogP contribution in [-0.2, 0) is 11.8 Å². The summed E-state index contributed by atoms with van der Waals surface area (Å²) in [6.45, 7) is 7.03. The zero-order valence-corrected chi connectivity index (χ0v) is 11.8. The van der Waals surface area contributed by atoms with E-state index in [0.29, 0.717) is 24.7 Å². The van der Waals surface area contributed by atoms with Crippen molar-refractivity contribution in [1.29, 1.82) is 0 Å². The molecule has 0 saturated carbocycles. The lowest BCUT2D eigenvalue weighted by Crippen LogP contribution is -2.36. The summed E-state index contributed by atoms with van der Waals surface area (Å²) in [7, 11) is 1.72. The molecule has 19 heavy (non-hydrogen) atoms. The van der Waals surface area contributed by atoms with Gasteiger partial charge in [-0.2, -0.15) is 5.10 Å². The molecule has 1 N–H and O–H groups in total. The van der Waals surface area contributed by atoms with Crippen LogP contribution in [0.1, 0.15) is 38.8 Å². The van der Waals surface area contributed by atoms with E-state index in [2.05, 4.69) is 10.4 Å². The van der Waals surface area contributed by atoms with E-state index in [0.717, 1.165) is 6.42 Å². The molecule has 1 aromatic heterocycles. The van der Waals surface area contributed by atoms with Crippen molar-refractivity contribution < 1.29 is 9.66 Å². The van der Waals surface area contributed by atoms with Gasteiger partial charge in [-0.3, -0.25) is 10.1 Å². The van der Waals surface area contributed by atoms with Gasteiger partial charge in [0.2, 0.25) is 5.82 Å². The molecule has 0 aliphatic carbocycles. The lowest BCUT2D eigenvalue weighted by Gasteiger charge is -2.24. The van der Waals surface area contributed by atoms with Crippen molar-refractivity contribution in [1.82, 2.24) is 9.78 Å². The maximum atomic E-state index is 11.3. The van der Waals surface area contributed by atoms with E-state index in [4.69, 9.17) is 4.74 Å². The Kier molecular flexibility index (Phi) is 3.49. The third-order valence-electron chi connectivity index (χ3n) is 3.42. The van der Waals surface area contributed by atoms with E-state index in [-0.39, 0.29) is 22.1 Å². The summed E-state index contributed by atoms with van der Waals surface area (Å²) in [4.78, 5) is 11.0. The molecule has 0 spiro atoms. The van der Waals surface area contributed by atoms with Crippen LogP contribution in [0.15, 0.2) is 0 Å². The first-order chi connectivity index (χ1) is 8.84. The number of aromatic nitrogens is 2. The predicted octanol–water partition coefficient (Wildman–Crippen LogP) is 2.04. The molecule has 0 bridgehead atoms. The molecule has 7 nitrogen and oxygen atoms in total. The first kappa shape index (κ1) is 13.8. The molecule has 2 heterocycles. The Morgan fingerprint density at radius 1 is 1.58 bits per heavy atom. The van der Waals surface area contributed by atoms with Crippen LogP contribution in [-0.4, -0.2) is 33.5 Å². The molecule has 0 aromatic carbocycles. The van der Waals surface area contributed by atoms with Gasteiger partial charge in [-0.05, 0) is 13.3 Å². The molecule has 1 unspecified atom stereocenters. The molecule has 1 fully saturated rings. The Hall–Kier alpha value is -1.63. The monoisotopic (exact) mass is 268 g/mol. The number of hydrogen-bond donors (Lipinski definition) is 1. The van der Waals surface area contributed by atoms with Crippen molar-refractivity contribution >= 4 is 11.5 Å². The highest BCUT2D eigenvalue weighted by molar-refractivity contribution is 5.61. The third-order valence-corrected chi connectivity index (χ3v) is 3.42. The molecule has 1 aliphatic rings. The van der Waals surface area contributed by atoms with Gasteiger partial charge in [-0.15, -0.1) is 0 Å². The molecule has 106 valence electrons. The fourth-order valence-electron chi connectivity index (χ4n) is 2.29. The average Bonchev–Trinajstić information content (AvgIpc) is 2.85. The van der Waals surface area contributed by atoms with Crippen molar-refractivity contribution in [3.63, 3.8) is 0 Å². The number of anilines is 1. The quantitative estimate of drug-likeness (QED) is 0.667. The normalized spacial score (nSPS) is 23.0. The Morgan fingerprint density at radius 3 is 2.74 bits per heavy atom. The van der Waals surface area contributed by atoms with Crippen LogP contribution >= 0.6 is 0 Å².